The van der Waals surface area contributed by atoms with E-state index in [0.717, 1.165) is 52.4 Å². The first-order valence-electron chi connectivity index (χ1n) is 12.4. The normalized spacial score (nSPS) is 23.5. The number of fused-ring (bicyclic) bond motifs is 2. The molecular formula is C27H30BN5O3. The number of nitrogen functional groups attached to an aromatic ring is 1. The molecule has 2 atom stereocenters. The Morgan fingerprint density at radius 3 is 2.75 bits per heavy atom. The topological polar surface area (TPSA) is 97.3 Å². The zero-order valence-electron chi connectivity index (χ0n) is 21.1. The van der Waals surface area contributed by atoms with Gasteiger partial charge in [-0.05, 0) is 61.9 Å². The van der Waals surface area contributed by atoms with Gasteiger partial charge >= 0.3 is 7.12 Å². The van der Waals surface area contributed by atoms with Gasteiger partial charge in [0.2, 0.25) is 0 Å². The molecule has 9 heteroatoms. The monoisotopic (exact) mass is 483 g/mol. The standard InChI is InChI=1S/C27H30BN5O3/c1-17(2)27-10-5-9-26(27,3)35-28(36-27)21-14-20(24(15-25(21)34-4)33-12-6-11-31-33)18-7-8-19-22(29)16-30-32-23(19)13-18/h6-8,11-17H,5,9-10H2,1-4H3,(H2,29,32)/t26-,27?/m0/s1. The van der Waals surface area contributed by atoms with Crippen molar-refractivity contribution < 1.29 is 14.0 Å². The number of benzene rings is 2. The maximum absolute atomic E-state index is 6.81. The highest BCUT2D eigenvalue weighted by Crippen LogP contribution is 2.53. The minimum absolute atomic E-state index is 0.320. The summed E-state index contributed by atoms with van der Waals surface area (Å²) in [4.78, 5) is 0. The van der Waals surface area contributed by atoms with Crippen molar-refractivity contribution in [3.63, 3.8) is 0 Å². The van der Waals surface area contributed by atoms with Crippen molar-refractivity contribution in [2.24, 2.45) is 5.92 Å². The molecule has 36 heavy (non-hydrogen) atoms. The van der Waals surface area contributed by atoms with Crippen LogP contribution >= 0.6 is 0 Å². The summed E-state index contributed by atoms with van der Waals surface area (Å²) < 4.78 is 21.2. The van der Waals surface area contributed by atoms with E-state index in [9.17, 15) is 0 Å². The zero-order chi connectivity index (χ0) is 25.1. The van der Waals surface area contributed by atoms with Gasteiger partial charge in [0.1, 0.15) is 5.75 Å². The van der Waals surface area contributed by atoms with Crippen LogP contribution in [0.15, 0.2) is 55.0 Å². The van der Waals surface area contributed by atoms with Gasteiger partial charge in [0.05, 0.1) is 41.4 Å². The number of rotatable bonds is 5. The van der Waals surface area contributed by atoms with E-state index >= 15 is 0 Å². The molecular weight excluding hydrogens is 453 g/mol. The molecule has 2 aromatic carbocycles. The molecule has 8 nitrogen and oxygen atoms in total. The Hall–Kier alpha value is -3.43. The van der Waals surface area contributed by atoms with Gasteiger partial charge < -0.3 is 19.8 Å². The number of hydrogen-bond donors (Lipinski definition) is 1. The Morgan fingerprint density at radius 2 is 2.03 bits per heavy atom. The maximum Gasteiger partial charge on any atom is 0.498 e. The lowest BCUT2D eigenvalue weighted by atomic mass is 9.76. The molecule has 0 radical (unpaired) electrons. The predicted molar refractivity (Wildman–Crippen MR) is 140 cm³/mol. The number of hydrogen-bond acceptors (Lipinski definition) is 7. The number of methoxy groups -OCH3 is 1. The van der Waals surface area contributed by atoms with E-state index < -0.39 is 7.12 Å². The highest BCUT2D eigenvalue weighted by molar-refractivity contribution is 6.63. The molecule has 0 spiro atoms. The van der Waals surface area contributed by atoms with Gasteiger partial charge in [-0.3, -0.25) is 0 Å². The van der Waals surface area contributed by atoms with Crippen LogP contribution in [-0.2, 0) is 9.31 Å². The molecule has 0 amide bonds. The summed E-state index contributed by atoms with van der Waals surface area (Å²) in [5, 5.41) is 13.7. The Bertz CT molecular complexity index is 1440. The second-order valence-electron chi connectivity index (χ2n) is 10.3. The molecule has 1 unspecified atom stereocenters. The Morgan fingerprint density at radius 1 is 1.17 bits per heavy atom. The van der Waals surface area contributed by atoms with Crippen LogP contribution in [0, 0.1) is 5.92 Å². The van der Waals surface area contributed by atoms with E-state index in [1.54, 1.807) is 19.5 Å². The van der Waals surface area contributed by atoms with Crippen molar-refractivity contribution in [2.75, 3.05) is 12.8 Å². The molecule has 1 saturated heterocycles. The van der Waals surface area contributed by atoms with Crippen molar-refractivity contribution in [3.8, 4) is 22.6 Å². The third kappa shape index (κ3) is 3.33. The summed E-state index contributed by atoms with van der Waals surface area (Å²) in [6.07, 6.45) is 8.31. The zero-order valence-corrected chi connectivity index (χ0v) is 21.1. The van der Waals surface area contributed by atoms with Gasteiger partial charge in [0.25, 0.3) is 0 Å². The summed E-state index contributed by atoms with van der Waals surface area (Å²) in [6.45, 7) is 6.64. The van der Waals surface area contributed by atoms with Crippen LogP contribution in [0.2, 0.25) is 0 Å². The Labute approximate surface area is 210 Å². The van der Waals surface area contributed by atoms with E-state index in [1.807, 2.05) is 41.2 Å². The predicted octanol–water partition coefficient (Wildman–Crippen LogP) is 4.15. The van der Waals surface area contributed by atoms with Crippen LogP contribution in [0.3, 0.4) is 0 Å². The highest BCUT2D eigenvalue weighted by atomic mass is 16.7. The van der Waals surface area contributed by atoms with Crippen molar-refractivity contribution in [2.45, 2.75) is 51.2 Å². The van der Waals surface area contributed by atoms with Crippen LogP contribution in [0.25, 0.3) is 27.7 Å². The average Bonchev–Trinajstić information content (AvgIpc) is 3.57. The minimum Gasteiger partial charge on any atom is -0.497 e. The van der Waals surface area contributed by atoms with Gasteiger partial charge in [-0.2, -0.15) is 15.3 Å². The van der Waals surface area contributed by atoms with Crippen molar-refractivity contribution in [1.82, 2.24) is 20.0 Å². The molecule has 2 aliphatic rings. The molecule has 4 aromatic rings. The van der Waals surface area contributed by atoms with E-state index in [1.165, 1.54) is 0 Å². The second kappa shape index (κ2) is 8.32. The summed E-state index contributed by atoms with van der Waals surface area (Å²) in [5.41, 5.74) is 10.4. The molecule has 3 heterocycles. The number of anilines is 1. The fraction of sp³-hybridized carbons (Fsp3) is 0.370. The van der Waals surface area contributed by atoms with Gasteiger partial charge in [-0.15, -0.1) is 0 Å². The smallest absolute Gasteiger partial charge is 0.497 e. The number of nitrogens with zero attached hydrogens (tertiary/aromatic N) is 4. The first-order valence-corrected chi connectivity index (χ1v) is 12.4. The van der Waals surface area contributed by atoms with Gasteiger partial charge in [-0.25, -0.2) is 4.68 Å². The van der Waals surface area contributed by atoms with Crippen molar-refractivity contribution in [3.05, 3.63) is 55.0 Å². The first kappa shape index (κ1) is 23.0. The molecule has 0 bridgehead atoms. The molecule has 6 rings (SSSR count). The van der Waals surface area contributed by atoms with Crippen LogP contribution in [0.1, 0.15) is 40.0 Å². The van der Waals surface area contributed by atoms with Crippen LogP contribution in [-0.4, -0.2) is 45.4 Å². The second-order valence-corrected chi connectivity index (χ2v) is 10.3. The van der Waals surface area contributed by atoms with Crippen LogP contribution in [0.4, 0.5) is 5.69 Å². The maximum atomic E-state index is 6.81. The Balaban J connectivity index is 1.53. The van der Waals surface area contributed by atoms with Crippen molar-refractivity contribution >= 4 is 29.2 Å². The Kier molecular flexibility index (Phi) is 5.31. The quantitative estimate of drug-likeness (QED) is 0.426. The van der Waals surface area contributed by atoms with Gasteiger partial charge in [-0.1, -0.05) is 19.9 Å². The highest BCUT2D eigenvalue weighted by Gasteiger charge is 2.63. The third-order valence-corrected chi connectivity index (χ3v) is 8.05. The fourth-order valence-electron chi connectivity index (χ4n) is 6.15. The third-order valence-electron chi connectivity index (χ3n) is 8.05. The van der Waals surface area contributed by atoms with E-state index in [2.05, 4.69) is 42.1 Å². The number of ether oxygens (including phenoxy) is 1. The summed E-state index contributed by atoms with van der Waals surface area (Å²) >= 11 is 0. The van der Waals surface area contributed by atoms with Gasteiger partial charge in [0, 0.05) is 34.9 Å². The lowest BCUT2D eigenvalue weighted by molar-refractivity contribution is -0.0438. The fourth-order valence-corrected chi connectivity index (χ4v) is 6.15. The van der Waals surface area contributed by atoms with E-state index in [4.69, 9.17) is 19.8 Å². The van der Waals surface area contributed by atoms with Crippen molar-refractivity contribution in [1.29, 1.82) is 0 Å². The summed E-state index contributed by atoms with van der Waals surface area (Å²) in [5.74, 6) is 1.02. The SMILES string of the molecule is COc1cc(-n2cccn2)c(-c2ccc3c(N)cnnc3c2)cc1B1OC2(C(C)C)CCC[C@]2(C)O1. The summed E-state index contributed by atoms with van der Waals surface area (Å²) in [6, 6.07) is 12.0. The molecule has 2 fully saturated rings. The lowest BCUT2D eigenvalue weighted by Crippen LogP contribution is -2.49. The van der Waals surface area contributed by atoms with E-state index in [0.29, 0.717) is 17.4 Å². The average molecular weight is 483 g/mol. The summed E-state index contributed by atoms with van der Waals surface area (Å²) in [7, 11) is 1.14. The largest absolute Gasteiger partial charge is 0.498 e. The lowest BCUT2D eigenvalue weighted by Gasteiger charge is -2.39. The molecule has 184 valence electrons. The molecule has 2 aromatic heterocycles. The van der Waals surface area contributed by atoms with Gasteiger partial charge in [0.15, 0.2) is 0 Å². The van der Waals surface area contributed by atoms with Crippen LogP contribution in [0.5, 0.6) is 5.75 Å². The minimum atomic E-state index is -0.533. The van der Waals surface area contributed by atoms with Crippen LogP contribution < -0.4 is 15.9 Å². The molecule has 1 aliphatic carbocycles. The molecule has 1 aliphatic heterocycles. The first-order chi connectivity index (χ1) is 17.3. The number of nitrogens with two attached hydrogens (primary N) is 1. The molecule has 2 N–H and O–H groups in total. The van der Waals surface area contributed by atoms with E-state index in [-0.39, 0.29) is 11.2 Å². The number of aromatic nitrogens is 4. The molecule has 1 saturated carbocycles.